The van der Waals surface area contributed by atoms with E-state index in [0.29, 0.717) is 5.82 Å². The molecule has 0 bridgehead atoms. The van der Waals surface area contributed by atoms with Gasteiger partial charge in [-0.1, -0.05) is 200 Å². The Bertz CT molecular complexity index is 5320. The van der Waals surface area contributed by atoms with E-state index in [1.807, 2.05) is 0 Å². The fourth-order valence-corrected chi connectivity index (χ4v) is 13.3. The first-order valence-electron chi connectivity index (χ1n) is 28.0. The van der Waals surface area contributed by atoms with Gasteiger partial charge in [-0.15, -0.1) is 0 Å². The van der Waals surface area contributed by atoms with Crippen LogP contribution >= 0.6 is 0 Å². The molecule has 12 aromatic carbocycles. The Labute approximate surface area is 471 Å². The molecule has 0 fully saturated rings. The summed E-state index contributed by atoms with van der Waals surface area (Å²) in [5.41, 5.74) is 20.3. The van der Waals surface area contributed by atoms with Gasteiger partial charge in [-0.25, -0.2) is 9.97 Å². The molecule has 0 radical (unpaired) electrons. The molecule has 0 saturated heterocycles. The van der Waals surface area contributed by atoms with Gasteiger partial charge in [0.15, 0.2) is 5.82 Å². The standard InChI is InChI=1S/C76H48N6/c1-5-23-49(24-6-1)62-48-63(50-25-7-2-8-26-50)78-76(77-62)51-41-44-69(82-68-40-22-17-35-60(68)73-71(82)46-43-58-55-32-14-19-37-65(55)80(75(58)73)53-29-11-4-12-30-53)61(47-51)56-33-15-20-38-66(56)81-67-39-21-16-34-59(67)72-70(81)45-42-57-54-31-13-18-36-64(54)79(74(57)72)52-27-9-3-10-28-52/h1-48H. The molecule has 82 heavy (non-hydrogen) atoms. The second-order valence-corrected chi connectivity index (χ2v) is 21.2. The van der Waals surface area contributed by atoms with E-state index in [4.69, 9.17) is 9.97 Å². The van der Waals surface area contributed by atoms with E-state index in [1.165, 1.54) is 65.2 Å². The highest BCUT2D eigenvalue weighted by Crippen LogP contribution is 2.47. The van der Waals surface area contributed by atoms with Crippen LogP contribution in [0.3, 0.4) is 0 Å². The molecule has 5 heterocycles. The van der Waals surface area contributed by atoms with E-state index in [1.54, 1.807) is 0 Å². The molecule has 0 aliphatic heterocycles. The van der Waals surface area contributed by atoms with Gasteiger partial charge < -0.3 is 18.3 Å². The summed E-state index contributed by atoms with van der Waals surface area (Å²) in [6, 6.07) is 105. The molecule has 0 spiro atoms. The molecule has 6 heteroatoms. The summed E-state index contributed by atoms with van der Waals surface area (Å²) in [5, 5.41) is 9.65. The molecule has 0 saturated carbocycles. The van der Waals surface area contributed by atoms with Crippen LogP contribution < -0.4 is 0 Å². The van der Waals surface area contributed by atoms with E-state index >= 15 is 0 Å². The third kappa shape index (κ3) is 6.88. The van der Waals surface area contributed by atoms with Crippen LogP contribution in [0.25, 0.3) is 155 Å². The Kier molecular flexibility index (Phi) is 10.2. The van der Waals surface area contributed by atoms with Gasteiger partial charge >= 0.3 is 0 Å². The highest BCUT2D eigenvalue weighted by atomic mass is 15.0. The Morgan fingerprint density at radius 2 is 0.622 bits per heavy atom. The fraction of sp³-hybridized carbons (Fsp3) is 0. The first kappa shape index (κ1) is 45.9. The zero-order valence-electron chi connectivity index (χ0n) is 44.4. The minimum absolute atomic E-state index is 0.648. The molecule has 6 nitrogen and oxygen atoms in total. The average Bonchev–Trinajstić information content (AvgIpc) is 2.67. The third-order valence-electron chi connectivity index (χ3n) is 16.8. The van der Waals surface area contributed by atoms with Crippen LogP contribution in [0, 0.1) is 0 Å². The number of rotatable bonds is 8. The molecular weight excluding hydrogens is 997 g/mol. The summed E-state index contributed by atoms with van der Waals surface area (Å²) in [5.74, 6) is 0.648. The lowest BCUT2D eigenvalue weighted by Gasteiger charge is -2.20. The predicted molar refractivity (Wildman–Crippen MR) is 341 cm³/mol. The number of fused-ring (bicyclic) bond motifs is 14. The highest BCUT2D eigenvalue weighted by molar-refractivity contribution is 6.28. The monoisotopic (exact) mass is 1040 g/mol. The minimum Gasteiger partial charge on any atom is -0.309 e. The van der Waals surface area contributed by atoms with E-state index in [-0.39, 0.29) is 0 Å². The van der Waals surface area contributed by atoms with Gasteiger partial charge in [-0.3, -0.25) is 0 Å². The lowest BCUT2D eigenvalue weighted by atomic mass is 9.97. The van der Waals surface area contributed by atoms with Crippen molar-refractivity contribution in [1.82, 2.24) is 28.2 Å². The molecule has 5 aromatic heterocycles. The van der Waals surface area contributed by atoms with E-state index < -0.39 is 0 Å². The van der Waals surface area contributed by atoms with Gasteiger partial charge in [-0.05, 0) is 91.0 Å². The van der Waals surface area contributed by atoms with Crippen LogP contribution in [-0.4, -0.2) is 28.2 Å². The predicted octanol–water partition coefficient (Wildman–Crippen LogP) is 19.5. The van der Waals surface area contributed by atoms with Gasteiger partial charge in [0.25, 0.3) is 0 Å². The lowest BCUT2D eigenvalue weighted by Crippen LogP contribution is -2.03. The van der Waals surface area contributed by atoms with Crippen LogP contribution in [0.1, 0.15) is 0 Å². The summed E-state index contributed by atoms with van der Waals surface area (Å²) in [6.07, 6.45) is 0. The molecule has 382 valence electrons. The Morgan fingerprint density at radius 3 is 1.11 bits per heavy atom. The summed E-state index contributed by atoms with van der Waals surface area (Å²) in [7, 11) is 0. The van der Waals surface area contributed by atoms with Gasteiger partial charge in [0, 0.05) is 82.3 Å². The van der Waals surface area contributed by atoms with Gasteiger partial charge in [0.2, 0.25) is 0 Å². The SMILES string of the molecule is c1ccc(-c2cc(-c3ccccc3)nc(-c3ccc(-n4c5ccccc5c5c4ccc4c6ccccc6n(-c6ccccc6)c45)c(-c4ccccc4-n4c5ccccc5c5c4ccc4c6ccccc6n(-c6ccccc6)c45)c3)n2)cc1. The third-order valence-corrected chi connectivity index (χ3v) is 16.8. The van der Waals surface area contributed by atoms with E-state index in [9.17, 15) is 0 Å². The van der Waals surface area contributed by atoms with E-state index in [2.05, 4.69) is 309 Å². The molecule has 0 N–H and O–H groups in total. The quantitative estimate of drug-likeness (QED) is 0.152. The summed E-state index contributed by atoms with van der Waals surface area (Å²) < 4.78 is 9.91. The number of hydrogen-bond donors (Lipinski definition) is 0. The van der Waals surface area contributed by atoms with Crippen molar-refractivity contribution >= 4 is 87.2 Å². The highest BCUT2D eigenvalue weighted by Gasteiger charge is 2.26. The molecule has 0 aliphatic rings. The van der Waals surface area contributed by atoms with Crippen LogP contribution in [0.15, 0.2) is 291 Å². The van der Waals surface area contributed by atoms with Crippen molar-refractivity contribution in [3.8, 4) is 67.8 Å². The molecule has 0 unspecified atom stereocenters. The summed E-state index contributed by atoms with van der Waals surface area (Å²) in [4.78, 5) is 10.9. The van der Waals surface area contributed by atoms with Crippen molar-refractivity contribution in [2.24, 2.45) is 0 Å². The molecule has 17 aromatic rings. The molecule has 17 rings (SSSR count). The second-order valence-electron chi connectivity index (χ2n) is 21.2. The number of para-hydroxylation sites is 7. The van der Waals surface area contributed by atoms with Crippen LogP contribution in [0.4, 0.5) is 0 Å². The maximum Gasteiger partial charge on any atom is 0.160 e. The first-order valence-corrected chi connectivity index (χ1v) is 28.0. The van der Waals surface area contributed by atoms with Crippen molar-refractivity contribution in [1.29, 1.82) is 0 Å². The Hall–Kier alpha value is -11.1. The Morgan fingerprint density at radius 1 is 0.232 bits per heavy atom. The largest absolute Gasteiger partial charge is 0.309 e. The topological polar surface area (TPSA) is 45.5 Å². The zero-order valence-corrected chi connectivity index (χ0v) is 44.4. The first-order chi connectivity index (χ1) is 40.7. The number of benzene rings is 12. The number of hydrogen-bond acceptors (Lipinski definition) is 2. The van der Waals surface area contributed by atoms with Crippen molar-refractivity contribution in [3.05, 3.63) is 291 Å². The fourth-order valence-electron chi connectivity index (χ4n) is 13.3. The maximum absolute atomic E-state index is 5.43. The lowest BCUT2D eigenvalue weighted by molar-refractivity contribution is 1.15. The average molecular weight is 1050 g/mol. The van der Waals surface area contributed by atoms with Crippen molar-refractivity contribution < 1.29 is 0 Å². The normalized spacial score (nSPS) is 11.9. The molecule has 0 amide bonds. The van der Waals surface area contributed by atoms with Crippen LogP contribution in [-0.2, 0) is 0 Å². The maximum atomic E-state index is 5.43. The van der Waals surface area contributed by atoms with E-state index in [0.717, 1.165) is 84.0 Å². The van der Waals surface area contributed by atoms with Gasteiger partial charge in [0.1, 0.15) is 0 Å². The van der Waals surface area contributed by atoms with Gasteiger partial charge in [0.05, 0.1) is 66.9 Å². The zero-order chi connectivity index (χ0) is 53.8. The number of aromatic nitrogens is 6. The Balaban J connectivity index is 0.986. The smallest absolute Gasteiger partial charge is 0.160 e. The van der Waals surface area contributed by atoms with Crippen molar-refractivity contribution in [2.75, 3.05) is 0 Å². The second kappa shape index (κ2) is 18.2. The minimum atomic E-state index is 0.648. The molecule has 0 aliphatic carbocycles. The van der Waals surface area contributed by atoms with Crippen LogP contribution in [0.5, 0.6) is 0 Å². The number of nitrogens with zero attached hydrogens (tertiary/aromatic N) is 6. The molecular formula is C76H48N6. The van der Waals surface area contributed by atoms with Crippen molar-refractivity contribution in [2.45, 2.75) is 0 Å². The summed E-state index contributed by atoms with van der Waals surface area (Å²) >= 11 is 0. The van der Waals surface area contributed by atoms with Crippen LogP contribution in [0.2, 0.25) is 0 Å². The molecule has 0 atom stereocenters. The summed E-state index contributed by atoms with van der Waals surface area (Å²) in [6.45, 7) is 0. The van der Waals surface area contributed by atoms with Crippen molar-refractivity contribution in [3.63, 3.8) is 0 Å². The van der Waals surface area contributed by atoms with Gasteiger partial charge in [-0.2, -0.15) is 0 Å².